The molecule has 0 fully saturated rings. The van der Waals surface area contributed by atoms with Gasteiger partial charge in [-0.2, -0.15) is 5.10 Å². The predicted octanol–water partition coefficient (Wildman–Crippen LogP) is 3.62. The molecule has 0 aliphatic heterocycles. The quantitative estimate of drug-likeness (QED) is 0.645. The molecule has 7 heteroatoms. The lowest BCUT2D eigenvalue weighted by atomic mass is 10.1. The molecule has 0 unspecified atom stereocenters. The number of nitrogens with one attached hydrogen (secondary N) is 1. The van der Waals surface area contributed by atoms with Crippen molar-refractivity contribution in [3.63, 3.8) is 0 Å². The summed E-state index contributed by atoms with van der Waals surface area (Å²) in [6.07, 6.45) is 0. The minimum Gasteiger partial charge on any atom is -0.452 e. The van der Waals surface area contributed by atoms with Gasteiger partial charge in [0.05, 0.1) is 11.4 Å². The monoisotopic (exact) mass is 397 g/mol. The van der Waals surface area contributed by atoms with Gasteiger partial charge in [0.1, 0.15) is 10.7 Å². The van der Waals surface area contributed by atoms with E-state index in [1.165, 1.54) is 4.68 Å². The molecule has 1 N–H and O–H groups in total. The van der Waals surface area contributed by atoms with Crippen LogP contribution in [-0.2, 0) is 16.1 Å². The van der Waals surface area contributed by atoms with Gasteiger partial charge in [-0.1, -0.05) is 59.6 Å². The number of ether oxygens (including phenoxy) is 1. The Bertz CT molecular complexity index is 982. The third kappa shape index (κ3) is 4.58. The first-order valence-electron chi connectivity index (χ1n) is 8.75. The van der Waals surface area contributed by atoms with Gasteiger partial charge in [-0.05, 0) is 31.5 Å². The number of amides is 1. The van der Waals surface area contributed by atoms with E-state index in [9.17, 15) is 9.59 Å². The molecule has 0 atom stereocenters. The normalized spacial score (nSPS) is 10.5. The number of hydrogen-bond acceptors (Lipinski definition) is 4. The molecule has 0 aliphatic rings. The van der Waals surface area contributed by atoms with Gasteiger partial charge in [-0.15, -0.1) is 0 Å². The number of aromatic nitrogens is 2. The minimum absolute atomic E-state index is 0.147. The summed E-state index contributed by atoms with van der Waals surface area (Å²) in [4.78, 5) is 24.4. The third-order valence-electron chi connectivity index (χ3n) is 4.15. The smallest absolute Gasteiger partial charge is 0.343 e. The maximum Gasteiger partial charge on any atom is 0.343 e. The van der Waals surface area contributed by atoms with Gasteiger partial charge in [0, 0.05) is 6.54 Å². The second-order valence-electron chi connectivity index (χ2n) is 6.34. The van der Waals surface area contributed by atoms with Gasteiger partial charge in [-0.3, -0.25) is 4.79 Å². The molecule has 0 spiro atoms. The fourth-order valence-electron chi connectivity index (χ4n) is 2.63. The molecule has 6 nitrogen and oxygen atoms in total. The molecule has 0 bridgehead atoms. The number of carbonyl (C=O) groups excluding carboxylic acids is 2. The first kappa shape index (κ1) is 19.6. The lowest BCUT2D eigenvalue weighted by Crippen LogP contribution is -2.28. The molecular formula is C21H20ClN3O3. The highest BCUT2D eigenvalue weighted by molar-refractivity contribution is 6.33. The lowest BCUT2D eigenvalue weighted by molar-refractivity contribution is -0.124. The zero-order valence-corrected chi connectivity index (χ0v) is 16.4. The fraction of sp³-hybridized carbons (Fsp3) is 0.190. The Hall–Kier alpha value is -3.12. The largest absolute Gasteiger partial charge is 0.452 e. The number of carbonyl (C=O) groups is 2. The average molecular weight is 398 g/mol. The van der Waals surface area contributed by atoms with Crippen molar-refractivity contribution in [3.05, 3.63) is 82.1 Å². The maximum absolute atomic E-state index is 12.4. The number of rotatable bonds is 6. The molecule has 1 amide bonds. The van der Waals surface area contributed by atoms with E-state index in [1.807, 2.05) is 61.5 Å². The standard InChI is InChI=1S/C21H20ClN3O3/c1-14-8-10-16(11-9-14)12-23-18(26)13-28-21(27)19-15(2)24-25(20(19)22)17-6-4-3-5-7-17/h3-11H,12-13H2,1-2H3,(H,23,26). The molecule has 3 aromatic rings. The number of para-hydroxylation sites is 1. The van der Waals surface area contributed by atoms with E-state index in [4.69, 9.17) is 16.3 Å². The Labute approximate surface area is 168 Å². The van der Waals surface area contributed by atoms with Crippen LogP contribution in [0.3, 0.4) is 0 Å². The number of aryl methyl sites for hydroxylation is 2. The third-order valence-corrected chi connectivity index (χ3v) is 4.50. The summed E-state index contributed by atoms with van der Waals surface area (Å²) in [5.41, 5.74) is 3.42. The van der Waals surface area contributed by atoms with Gasteiger partial charge in [0.15, 0.2) is 6.61 Å². The van der Waals surface area contributed by atoms with Crippen LogP contribution in [0.4, 0.5) is 0 Å². The summed E-state index contributed by atoms with van der Waals surface area (Å²) in [5, 5.41) is 7.16. The average Bonchev–Trinajstić information content (AvgIpc) is 3.00. The Balaban J connectivity index is 1.59. The SMILES string of the molecule is Cc1ccc(CNC(=O)COC(=O)c2c(C)nn(-c3ccccc3)c2Cl)cc1. The minimum atomic E-state index is -0.685. The number of hydrogen-bond donors (Lipinski definition) is 1. The number of nitrogens with zero attached hydrogens (tertiary/aromatic N) is 2. The molecule has 1 heterocycles. The van der Waals surface area contributed by atoms with E-state index in [-0.39, 0.29) is 10.7 Å². The zero-order chi connectivity index (χ0) is 20.1. The summed E-state index contributed by atoms with van der Waals surface area (Å²) < 4.78 is 6.58. The molecule has 1 aromatic heterocycles. The van der Waals surface area contributed by atoms with Crippen LogP contribution in [0.25, 0.3) is 5.69 Å². The number of halogens is 1. The Morgan fingerprint density at radius 2 is 1.75 bits per heavy atom. The zero-order valence-electron chi connectivity index (χ0n) is 15.6. The molecule has 3 rings (SSSR count). The molecule has 0 saturated carbocycles. The summed E-state index contributed by atoms with van der Waals surface area (Å²) in [6, 6.07) is 17.0. The maximum atomic E-state index is 12.4. The van der Waals surface area contributed by atoms with Crippen LogP contribution in [-0.4, -0.2) is 28.3 Å². The van der Waals surface area contributed by atoms with E-state index in [1.54, 1.807) is 6.92 Å². The molecule has 144 valence electrons. The molecule has 2 aromatic carbocycles. The highest BCUT2D eigenvalue weighted by atomic mass is 35.5. The van der Waals surface area contributed by atoms with Gasteiger partial charge < -0.3 is 10.1 Å². The molecule has 0 radical (unpaired) electrons. The van der Waals surface area contributed by atoms with E-state index >= 15 is 0 Å². The van der Waals surface area contributed by atoms with Crippen LogP contribution in [0, 0.1) is 13.8 Å². The van der Waals surface area contributed by atoms with Crippen LogP contribution >= 0.6 is 11.6 Å². The van der Waals surface area contributed by atoms with Crippen molar-refractivity contribution < 1.29 is 14.3 Å². The van der Waals surface area contributed by atoms with Crippen molar-refractivity contribution in [2.45, 2.75) is 20.4 Å². The van der Waals surface area contributed by atoms with E-state index < -0.39 is 18.5 Å². The van der Waals surface area contributed by atoms with Crippen LogP contribution in [0.5, 0.6) is 0 Å². The van der Waals surface area contributed by atoms with Crippen molar-refractivity contribution >= 4 is 23.5 Å². The van der Waals surface area contributed by atoms with Gasteiger partial charge in [0.2, 0.25) is 0 Å². The fourth-order valence-corrected chi connectivity index (χ4v) is 2.98. The highest BCUT2D eigenvalue weighted by Crippen LogP contribution is 2.24. The van der Waals surface area contributed by atoms with Crippen molar-refractivity contribution in [1.29, 1.82) is 0 Å². The second-order valence-corrected chi connectivity index (χ2v) is 6.70. The Kier molecular flexibility index (Phi) is 6.11. The van der Waals surface area contributed by atoms with Crippen LogP contribution in [0.15, 0.2) is 54.6 Å². The van der Waals surface area contributed by atoms with Crippen LogP contribution < -0.4 is 5.32 Å². The Morgan fingerprint density at radius 1 is 1.07 bits per heavy atom. The lowest BCUT2D eigenvalue weighted by Gasteiger charge is -2.07. The summed E-state index contributed by atoms with van der Waals surface area (Å²) in [6.45, 7) is 3.63. The summed E-state index contributed by atoms with van der Waals surface area (Å²) >= 11 is 6.33. The highest BCUT2D eigenvalue weighted by Gasteiger charge is 2.23. The van der Waals surface area contributed by atoms with E-state index in [2.05, 4.69) is 10.4 Å². The van der Waals surface area contributed by atoms with Crippen molar-refractivity contribution in [2.75, 3.05) is 6.61 Å². The van der Waals surface area contributed by atoms with E-state index in [0.717, 1.165) is 16.8 Å². The van der Waals surface area contributed by atoms with Crippen molar-refractivity contribution in [2.24, 2.45) is 0 Å². The van der Waals surface area contributed by atoms with Gasteiger partial charge in [0.25, 0.3) is 5.91 Å². The van der Waals surface area contributed by atoms with Crippen LogP contribution in [0.2, 0.25) is 5.15 Å². The number of benzene rings is 2. The summed E-state index contributed by atoms with van der Waals surface area (Å²) in [5.74, 6) is -1.08. The van der Waals surface area contributed by atoms with Crippen molar-refractivity contribution in [1.82, 2.24) is 15.1 Å². The Morgan fingerprint density at radius 3 is 2.43 bits per heavy atom. The first-order chi connectivity index (χ1) is 13.5. The van der Waals surface area contributed by atoms with Gasteiger partial charge in [-0.25, -0.2) is 9.48 Å². The predicted molar refractivity (Wildman–Crippen MR) is 107 cm³/mol. The van der Waals surface area contributed by atoms with Gasteiger partial charge >= 0.3 is 5.97 Å². The summed E-state index contributed by atoms with van der Waals surface area (Å²) in [7, 11) is 0. The number of esters is 1. The van der Waals surface area contributed by atoms with Crippen molar-refractivity contribution in [3.8, 4) is 5.69 Å². The topological polar surface area (TPSA) is 73.2 Å². The first-order valence-corrected chi connectivity index (χ1v) is 9.13. The molecule has 28 heavy (non-hydrogen) atoms. The van der Waals surface area contributed by atoms with E-state index in [0.29, 0.717) is 12.2 Å². The second kappa shape index (κ2) is 8.71. The molecule has 0 aliphatic carbocycles. The molecule has 0 saturated heterocycles. The molecular weight excluding hydrogens is 378 g/mol. The van der Waals surface area contributed by atoms with Crippen LogP contribution in [0.1, 0.15) is 27.2 Å².